The van der Waals surface area contributed by atoms with Crippen LogP contribution in [0.4, 0.5) is 0 Å². The fraction of sp³-hybridized carbons (Fsp3) is 0.444. The highest BCUT2D eigenvalue weighted by Crippen LogP contribution is 2.34. The van der Waals surface area contributed by atoms with E-state index in [4.69, 9.17) is 0 Å². The third-order valence-corrected chi connectivity index (χ3v) is 8.30. The van der Waals surface area contributed by atoms with Crippen LogP contribution in [0.25, 0.3) is 22.0 Å². The molecule has 2 aromatic carbocycles. The first-order chi connectivity index (χ1) is 16.0. The molecule has 3 heterocycles. The van der Waals surface area contributed by atoms with Gasteiger partial charge < -0.3 is 9.91 Å². The average molecular weight is 463 g/mol. The topological polar surface area (TPSA) is 31.7 Å². The number of benzene rings is 2. The minimum atomic E-state index is -0.237. The van der Waals surface area contributed by atoms with Crippen LogP contribution in [0, 0.1) is 0 Å². The highest BCUT2D eigenvalue weighted by molar-refractivity contribution is 8.01. The van der Waals surface area contributed by atoms with Gasteiger partial charge in [-0.25, -0.2) is 0 Å². The standard InChI is InChI=1S/C27H34N4OS/c1-27(2)26(32)29(21-33-27)15-9-8-14-28-16-18-30(19-17-28)31-20-24(22-10-4-3-5-11-22)23-12-6-7-13-25(23)31/h3-7,10-13,20H,8-9,14-19,21H2,1-2H3. The minimum Gasteiger partial charge on any atom is -0.332 e. The molecule has 5 nitrogen and oxygen atoms in total. The van der Waals surface area contributed by atoms with Crippen LogP contribution in [-0.2, 0) is 4.79 Å². The van der Waals surface area contributed by atoms with Gasteiger partial charge in [-0.05, 0) is 44.9 Å². The Morgan fingerprint density at radius 2 is 1.58 bits per heavy atom. The molecule has 3 aromatic rings. The van der Waals surface area contributed by atoms with Crippen molar-refractivity contribution in [3.63, 3.8) is 0 Å². The van der Waals surface area contributed by atoms with Crippen LogP contribution < -0.4 is 5.01 Å². The van der Waals surface area contributed by atoms with Crippen LogP contribution in [-0.4, -0.2) is 70.3 Å². The quantitative estimate of drug-likeness (QED) is 0.478. The Bertz CT molecular complexity index is 1100. The maximum atomic E-state index is 12.4. The number of hydrogen-bond donors (Lipinski definition) is 0. The van der Waals surface area contributed by atoms with Gasteiger partial charge in [-0.15, -0.1) is 11.8 Å². The van der Waals surface area contributed by atoms with Gasteiger partial charge in [0.25, 0.3) is 0 Å². The number of carbonyl (C=O) groups is 1. The van der Waals surface area contributed by atoms with Crippen molar-refractivity contribution in [2.75, 3.05) is 50.2 Å². The summed E-state index contributed by atoms with van der Waals surface area (Å²) >= 11 is 1.76. The van der Waals surface area contributed by atoms with E-state index in [0.717, 1.165) is 58.0 Å². The number of para-hydroxylation sites is 1. The first kappa shape index (κ1) is 22.4. The molecule has 0 radical (unpaired) electrons. The van der Waals surface area contributed by atoms with Crippen molar-refractivity contribution < 1.29 is 4.79 Å². The molecule has 2 fully saturated rings. The van der Waals surface area contributed by atoms with E-state index in [2.05, 4.69) is 75.4 Å². The molecular weight excluding hydrogens is 428 g/mol. The van der Waals surface area contributed by atoms with Gasteiger partial charge in [0.05, 0.1) is 16.1 Å². The van der Waals surface area contributed by atoms with Crippen molar-refractivity contribution in [3.05, 3.63) is 60.8 Å². The Labute approximate surface area is 201 Å². The molecule has 0 atom stereocenters. The molecule has 0 spiro atoms. The maximum absolute atomic E-state index is 12.4. The highest BCUT2D eigenvalue weighted by atomic mass is 32.2. The molecule has 0 N–H and O–H groups in total. The largest absolute Gasteiger partial charge is 0.332 e. The smallest absolute Gasteiger partial charge is 0.238 e. The molecule has 2 aliphatic rings. The van der Waals surface area contributed by atoms with E-state index in [0.29, 0.717) is 5.91 Å². The monoisotopic (exact) mass is 462 g/mol. The first-order valence-corrected chi connectivity index (χ1v) is 13.1. The summed E-state index contributed by atoms with van der Waals surface area (Å²) in [6, 6.07) is 19.4. The van der Waals surface area contributed by atoms with Crippen molar-refractivity contribution >= 4 is 28.6 Å². The second-order valence-corrected chi connectivity index (χ2v) is 11.2. The predicted molar refractivity (Wildman–Crippen MR) is 139 cm³/mol. The molecule has 0 bridgehead atoms. The Kier molecular flexibility index (Phi) is 6.39. The molecule has 0 aliphatic carbocycles. The molecule has 6 heteroatoms. The van der Waals surface area contributed by atoms with E-state index < -0.39 is 0 Å². The number of fused-ring (bicyclic) bond motifs is 1. The molecule has 5 rings (SSSR count). The van der Waals surface area contributed by atoms with Crippen LogP contribution in [0.5, 0.6) is 0 Å². The van der Waals surface area contributed by atoms with Gasteiger partial charge in [-0.1, -0.05) is 48.5 Å². The summed E-state index contributed by atoms with van der Waals surface area (Å²) in [6.45, 7) is 10.3. The lowest BCUT2D eigenvalue weighted by Gasteiger charge is -2.37. The normalized spacial score (nSPS) is 19.0. The Morgan fingerprint density at radius 1 is 0.879 bits per heavy atom. The number of hydrogen-bond acceptors (Lipinski definition) is 4. The zero-order valence-corrected chi connectivity index (χ0v) is 20.6. The van der Waals surface area contributed by atoms with E-state index >= 15 is 0 Å². The van der Waals surface area contributed by atoms with Crippen LogP contribution in [0.1, 0.15) is 26.7 Å². The molecule has 33 heavy (non-hydrogen) atoms. The van der Waals surface area contributed by atoms with Crippen LogP contribution >= 0.6 is 11.8 Å². The van der Waals surface area contributed by atoms with Crippen LogP contribution in [0.15, 0.2) is 60.8 Å². The molecule has 2 saturated heterocycles. The van der Waals surface area contributed by atoms with Crippen molar-refractivity contribution in [2.24, 2.45) is 0 Å². The number of unbranched alkanes of at least 4 members (excludes halogenated alkanes) is 1. The zero-order valence-electron chi connectivity index (χ0n) is 19.7. The first-order valence-electron chi connectivity index (χ1n) is 12.1. The molecule has 0 unspecified atom stereocenters. The van der Waals surface area contributed by atoms with E-state index in [1.54, 1.807) is 11.8 Å². The third kappa shape index (κ3) is 4.64. The second-order valence-electron chi connectivity index (χ2n) is 9.63. The van der Waals surface area contributed by atoms with E-state index in [1.807, 2.05) is 18.7 Å². The third-order valence-electron chi connectivity index (χ3n) is 6.97. The van der Waals surface area contributed by atoms with Crippen molar-refractivity contribution in [3.8, 4) is 11.1 Å². The van der Waals surface area contributed by atoms with Gasteiger partial charge in [0.2, 0.25) is 5.91 Å². The number of thioether (sulfide) groups is 1. The van der Waals surface area contributed by atoms with Gasteiger partial charge in [-0.2, -0.15) is 0 Å². The van der Waals surface area contributed by atoms with Crippen molar-refractivity contribution in [2.45, 2.75) is 31.4 Å². The molecule has 1 aromatic heterocycles. The fourth-order valence-electron chi connectivity index (χ4n) is 4.97. The van der Waals surface area contributed by atoms with E-state index in [1.165, 1.54) is 22.0 Å². The predicted octanol–water partition coefficient (Wildman–Crippen LogP) is 4.65. The number of amides is 1. The highest BCUT2D eigenvalue weighted by Gasteiger charge is 2.38. The van der Waals surface area contributed by atoms with Gasteiger partial charge in [0, 0.05) is 49.9 Å². The summed E-state index contributed by atoms with van der Waals surface area (Å²) in [7, 11) is 0. The summed E-state index contributed by atoms with van der Waals surface area (Å²) in [4.78, 5) is 17.0. The van der Waals surface area contributed by atoms with Crippen LogP contribution in [0.3, 0.4) is 0 Å². The summed E-state index contributed by atoms with van der Waals surface area (Å²) in [6.07, 6.45) is 4.55. The van der Waals surface area contributed by atoms with E-state index in [9.17, 15) is 4.79 Å². The number of nitrogens with zero attached hydrogens (tertiary/aromatic N) is 4. The Morgan fingerprint density at radius 3 is 2.30 bits per heavy atom. The SMILES string of the molecule is CC1(C)SCN(CCCCN2CCN(n3cc(-c4ccccc4)c4ccccc43)CC2)C1=O. The number of rotatable bonds is 7. The molecular formula is C27H34N4OS. The molecule has 2 aliphatic heterocycles. The lowest BCUT2D eigenvalue weighted by Crippen LogP contribution is -2.51. The van der Waals surface area contributed by atoms with Gasteiger partial charge in [0.15, 0.2) is 0 Å². The summed E-state index contributed by atoms with van der Waals surface area (Å²) < 4.78 is 2.13. The number of aromatic nitrogens is 1. The summed E-state index contributed by atoms with van der Waals surface area (Å²) in [5.41, 5.74) is 3.84. The average Bonchev–Trinajstić information content (AvgIpc) is 3.35. The number of piperazine rings is 1. The van der Waals surface area contributed by atoms with Gasteiger partial charge >= 0.3 is 0 Å². The van der Waals surface area contributed by atoms with Gasteiger partial charge in [0.1, 0.15) is 0 Å². The summed E-state index contributed by atoms with van der Waals surface area (Å²) in [5.74, 6) is 1.15. The van der Waals surface area contributed by atoms with Crippen LogP contribution in [0.2, 0.25) is 0 Å². The van der Waals surface area contributed by atoms with Gasteiger partial charge in [-0.3, -0.25) is 14.4 Å². The second kappa shape index (κ2) is 9.43. The molecule has 174 valence electrons. The Hall–Kier alpha value is -2.44. The Balaban J connectivity index is 1.16. The van der Waals surface area contributed by atoms with Crippen molar-refractivity contribution in [1.29, 1.82) is 0 Å². The lowest BCUT2D eigenvalue weighted by atomic mass is 10.1. The fourth-order valence-corrected chi connectivity index (χ4v) is 5.94. The zero-order chi connectivity index (χ0) is 22.8. The summed E-state index contributed by atoms with van der Waals surface area (Å²) in [5, 5.41) is 3.79. The number of carbonyl (C=O) groups excluding carboxylic acids is 1. The lowest BCUT2D eigenvalue weighted by molar-refractivity contribution is -0.130. The minimum absolute atomic E-state index is 0.237. The van der Waals surface area contributed by atoms with E-state index in [-0.39, 0.29) is 4.75 Å². The molecule has 0 saturated carbocycles. The maximum Gasteiger partial charge on any atom is 0.238 e. The van der Waals surface area contributed by atoms with Crippen molar-refractivity contribution in [1.82, 2.24) is 14.5 Å². The molecule has 1 amide bonds.